The zero-order valence-electron chi connectivity index (χ0n) is 9.60. The third kappa shape index (κ3) is 2.14. The van der Waals surface area contributed by atoms with E-state index in [1.54, 1.807) is 17.1 Å². The third-order valence-electron chi connectivity index (χ3n) is 2.44. The van der Waals surface area contributed by atoms with E-state index in [4.69, 9.17) is 4.52 Å². The molecule has 0 radical (unpaired) electrons. The Morgan fingerprint density at radius 1 is 1.50 bits per heavy atom. The van der Waals surface area contributed by atoms with Crippen LogP contribution in [-0.4, -0.2) is 21.5 Å². The highest BCUT2D eigenvalue weighted by Gasteiger charge is 2.13. The van der Waals surface area contributed by atoms with Gasteiger partial charge in [-0.1, -0.05) is 12.1 Å². The average molecular weight is 220 g/mol. The van der Waals surface area contributed by atoms with Crippen LogP contribution in [-0.2, 0) is 13.6 Å². The quantitative estimate of drug-likeness (QED) is 0.777. The Labute approximate surface area is 94.4 Å². The molecule has 86 valence electrons. The highest BCUT2D eigenvalue weighted by atomic mass is 16.5. The highest BCUT2D eigenvalue weighted by molar-refractivity contribution is 5.55. The molecule has 5 heteroatoms. The monoisotopic (exact) mass is 220 g/mol. The van der Waals surface area contributed by atoms with Crippen LogP contribution in [0.15, 0.2) is 23.0 Å². The number of hydrogen-bond acceptors (Lipinski definition) is 4. The van der Waals surface area contributed by atoms with Gasteiger partial charge in [-0.25, -0.2) is 0 Å². The second kappa shape index (κ2) is 4.94. The van der Waals surface area contributed by atoms with Gasteiger partial charge in [0.15, 0.2) is 5.76 Å². The minimum Gasteiger partial charge on any atom is -0.354 e. The maximum Gasteiger partial charge on any atom is 0.189 e. The fraction of sp³-hybridized carbons (Fsp3) is 0.455. The van der Waals surface area contributed by atoms with Gasteiger partial charge in [0.2, 0.25) is 0 Å². The average Bonchev–Trinajstić information content (AvgIpc) is 2.87. The molecule has 2 heterocycles. The molecule has 2 rings (SSSR count). The van der Waals surface area contributed by atoms with Gasteiger partial charge in [-0.15, -0.1) is 0 Å². The number of nitrogens with zero attached hydrogens (tertiary/aromatic N) is 3. The molecule has 16 heavy (non-hydrogen) atoms. The van der Waals surface area contributed by atoms with Gasteiger partial charge in [-0.3, -0.25) is 4.68 Å². The molecular formula is C11H16N4O. The van der Waals surface area contributed by atoms with Gasteiger partial charge < -0.3 is 9.84 Å². The summed E-state index contributed by atoms with van der Waals surface area (Å²) in [5, 5.41) is 11.3. The van der Waals surface area contributed by atoms with Crippen LogP contribution >= 0.6 is 0 Å². The molecule has 0 unspecified atom stereocenters. The smallest absolute Gasteiger partial charge is 0.189 e. The maximum atomic E-state index is 5.27. The van der Waals surface area contributed by atoms with Crippen LogP contribution in [0.3, 0.4) is 0 Å². The van der Waals surface area contributed by atoms with Crippen molar-refractivity contribution in [2.75, 3.05) is 6.54 Å². The van der Waals surface area contributed by atoms with E-state index in [1.807, 2.05) is 13.1 Å². The molecule has 5 nitrogen and oxygen atoms in total. The van der Waals surface area contributed by atoms with Crippen molar-refractivity contribution in [3.8, 4) is 11.5 Å². The lowest BCUT2D eigenvalue weighted by Gasteiger charge is -2.02. The first-order chi connectivity index (χ1) is 7.83. The Hall–Kier alpha value is -1.62. The van der Waals surface area contributed by atoms with E-state index in [-0.39, 0.29) is 0 Å². The fourth-order valence-electron chi connectivity index (χ4n) is 1.59. The van der Waals surface area contributed by atoms with E-state index < -0.39 is 0 Å². The summed E-state index contributed by atoms with van der Waals surface area (Å²) < 4.78 is 7.05. The molecule has 0 aliphatic heterocycles. The van der Waals surface area contributed by atoms with E-state index in [0.717, 1.165) is 36.5 Å². The summed E-state index contributed by atoms with van der Waals surface area (Å²) in [5.74, 6) is 0.795. The lowest BCUT2D eigenvalue weighted by atomic mass is 10.2. The number of aromatic nitrogens is 3. The molecule has 0 saturated heterocycles. The molecule has 1 N–H and O–H groups in total. The van der Waals surface area contributed by atoms with Crippen LogP contribution in [0.4, 0.5) is 0 Å². The van der Waals surface area contributed by atoms with Gasteiger partial charge in [0, 0.05) is 25.4 Å². The molecule has 0 aliphatic carbocycles. The van der Waals surface area contributed by atoms with Crippen molar-refractivity contribution in [1.82, 2.24) is 20.3 Å². The number of nitrogens with one attached hydrogen (secondary N) is 1. The fourth-order valence-corrected chi connectivity index (χ4v) is 1.59. The van der Waals surface area contributed by atoms with Crippen LogP contribution < -0.4 is 5.32 Å². The van der Waals surface area contributed by atoms with E-state index in [9.17, 15) is 0 Å². The third-order valence-corrected chi connectivity index (χ3v) is 2.44. The molecule has 2 aromatic rings. The molecule has 0 amide bonds. The molecule has 0 spiro atoms. The van der Waals surface area contributed by atoms with Crippen molar-refractivity contribution in [2.45, 2.75) is 19.9 Å². The minimum absolute atomic E-state index is 0.776. The SMILES string of the molecule is CCCNCc1cnoc1-c1ccnn1C. The van der Waals surface area contributed by atoms with Crippen molar-refractivity contribution >= 4 is 0 Å². The van der Waals surface area contributed by atoms with Crippen LogP contribution in [0.1, 0.15) is 18.9 Å². The van der Waals surface area contributed by atoms with Crippen LogP contribution in [0, 0.1) is 0 Å². The van der Waals surface area contributed by atoms with E-state index in [2.05, 4.69) is 22.5 Å². The normalized spacial score (nSPS) is 10.9. The maximum absolute atomic E-state index is 5.27. The summed E-state index contributed by atoms with van der Waals surface area (Å²) in [6.07, 6.45) is 4.62. The Morgan fingerprint density at radius 2 is 2.38 bits per heavy atom. The van der Waals surface area contributed by atoms with Crippen LogP contribution in [0.2, 0.25) is 0 Å². The summed E-state index contributed by atoms with van der Waals surface area (Å²) in [4.78, 5) is 0. The van der Waals surface area contributed by atoms with E-state index in [0.29, 0.717) is 0 Å². The molecule has 0 bridgehead atoms. The summed E-state index contributed by atoms with van der Waals surface area (Å²) >= 11 is 0. The molecule has 2 aromatic heterocycles. The number of rotatable bonds is 5. The van der Waals surface area contributed by atoms with Gasteiger partial charge in [-0.2, -0.15) is 5.10 Å². The van der Waals surface area contributed by atoms with Gasteiger partial charge in [0.25, 0.3) is 0 Å². The first-order valence-electron chi connectivity index (χ1n) is 5.45. The molecule has 0 aliphatic rings. The lowest BCUT2D eigenvalue weighted by Crippen LogP contribution is -2.14. The summed E-state index contributed by atoms with van der Waals surface area (Å²) in [7, 11) is 1.89. The van der Waals surface area contributed by atoms with Crippen molar-refractivity contribution in [3.05, 3.63) is 24.0 Å². The van der Waals surface area contributed by atoms with Gasteiger partial charge in [0.05, 0.1) is 6.20 Å². The van der Waals surface area contributed by atoms with Gasteiger partial charge in [0.1, 0.15) is 5.69 Å². The Kier molecular flexibility index (Phi) is 3.36. The van der Waals surface area contributed by atoms with Crippen molar-refractivity contribution in [2.24, 2.45) is 7.05 Å². The topological polar surface area (TPSA) is 55.9 Å². The standard InChI is InChI=1S/C11H16N4O/c1-3-5-12-7-9-8-14-16-11(9)10-4-6-13-15(10)2/h4,6,8,12H,3,5,7H2,1-2H3. The van der Waals surface area contributed by atoms with Gasteiger partial charge >= 0.3 is 0 Å². The number of aryl methyl sites for hydroxylation is 1. The Balaban J connectivity index is 2.16. The molecule has 0 fully saturated rings. The van der Waals surface area contributed by atoms with Crippen LogP contribution in [0.5, 0.6) is 0 Å². The van der Waals surface area contributed by atoms with Gasteiger partial charge in [-0.05, 0) is 19.0 Å². The second-order valence-corrected chi connectivity index (χ2v) is 3.70. The number of hydrogen-bond donors (Lipinski definition) is 1. The zero-order valence-corrected chi connectivity index (χ0v) is 9.60. The highest BCUT2D eigenvalue weighted by Crippen LogP contribution is 2.22. The molecule has 0 saturated carbocycles. The predicted molar refractivity (Wildman–Crippen MR) is 60.7 cm³/mol. The van der Waals surface area contributed by atoms with Crippen molar-refractivity contribution in [1.29, 1.82) is 0 Å². The summed E-state index contributed by atoms with van der Waals surface area (Å²) in [6.45, 7) is 3.91. The predicted octanol–water partition coefficient (Wildman–Crippen LogP) is 1.57. The summed E-state index contributed by atoms with van der Waals surface area (Å²) in [6, 6.07) is 1.92. The second-order valence-electron chi connectivity index (χ2n) is 3.70. The molecule has 0 aromatic carbocycles. The minimum atomic E-state index is 0.776. The van der Waals surface area contributed by atoms with Crippen molar-refractivity contribution in [3.63, 3.8) is 0 Å². The Morgan fingerprint density at radius 3 is 3.06 bits per heavy atom. The van der Waals surface area contributed by atoms with Crippen LogP contribution in [0.25, 0.3) is 11.5 Å². The first kappa shape index (κ1) is 10.9. The van der Waals surface area contributed by atoms with Crippen molar-refractivity contribution < 1.29 is 4.52 Å². The first-order valence-corrected chi connectivity index (χ1v) is 5.45. The zero-order chi connectivity index (χ0) is 11.4. The lowest BCUT2D eigenvalue weighted by molar-refractivity contribution is 0.428. The summed E-state index contributed by atoms with van der Waals surface area (Å²) in [5.41, 5.74) is 2.02. The molecular weight excluding hydrogens is 204 g/mol. The van der Waals surface area contributed by atoms with E-state index >= 15 is 0 Å². The van der Waals surface area contributed by atoms with E-state index in [1.165, 1.54) is 0 Å². The molecule has 0 atom stereocenters. The Bertz CT molecular complexity index is 446. The largest absolute Gasteiger partial charge is 0.354 e.